The Balaban J connectivity index is 2.02. The summed E-state index contributed by atoms with van der Waals surface area (Å²) in [6, 6.07) is 0.671. The molecule has 1 N–H and O–H groups in total. The molecule has 1 heterocycles. The van der Waals surface area contributed by atoms with E-state index in [1.54, 1.807) is 0 Å². The van der Waals surface area contributed by atoms with Crippen molar-refractivity contribution in [3.05, 3.63) is 0 Å². The summed E-state index contributed by atoms with van der Waals surface area (Å²) in [5.41, 5.74) is 0.767. The molecule has 2 unspecified atom stereocenters. The lowest BCUT2D eigenvalue weighted by molar-refractivity contribution is 0.0402. The number of rotatable bonds is 1. The summed E-state index contributed by atoms with van der Waals surface area (Å²) >= 11 is 0. The van der Waals surface area contributed by atoms with E-state index in [0.717, 1.165) is 12.5 Å². The monoisotopic (exact) mass is 210 g/mol. The highest BCUT2D eigenvalue weighted by atomic mass is 15.2. The molecule has 0 aromatic rings. The molecule has 0 amide bonds. The van der Waals surface area contributed by atoms with E-state index in [0.29, 0.717) is 17.0 Å². The van der Waals surface area contributed by atoms with Crippen LogP contribution < -0.4 is 5.32 Å². The maximum atomic E-state index is 3.80. The molecule has 2 atom stereocenters. The summed E-state index contributed by atoms with van der Waals surface area (Å²) in [5.74, 6) is 0.931. The number of piperazine rings is 1. The van der Waals surface area contributed by atoms with Gasteiger partial charge in [0.1, 0.15) is 0 Å². The van der Waals surface area contributed by atoms with Crippen LogP contribution in [0.5, 0.6) is 0 Å². The first-order valence-electron chi connectivity index (χ1n) is 6.28. The highest BCUT2D eigenvalue weighted by Crippen LogP contribution is 2.42. The molecule has 1 aliphatic heterocycles. The summed E-state index contributed by atoms with van der Waals surface area (Å²) in [6.07, 6.45) is 2.86. The molecule has 2 heteroatoms. The Kier molecular flexibility index (Phi) is 2.63. The van der Waals surface area contributed by atoms with E-state index in [1.807, 2.05) is 0 Å². The first-order valence-corrected chi connectivity index (χ1v) is 6.28. The summed E-state index contributed by atoms with van der Waals surface area (Å²) in [6.45, 7) is 11.8. The summed E-state index contributed by atoms with van der Waals surface area (Å²) < 4.78 is 0. The van der Waals surface area contributed by atoms with E-state index < -0.39 is 0 Å². The molecule has 15 heavy (non-hydrogen) atoms. The predicted molar refractivity (Wildman–Crippen MR) is 65.0 cm³/mol. The minimum Gasteiger partial charge on any atom is -0.308 e. The predicted octanol–water partition coefficient (Wildman–Crippen LogP) is 2.10. The van der Waals surface area contributed by atoms with E-state index in [9.17, 15) is 0 Å². The first-order chi connectivity index (χ1) is 6.83. The van der Waals surface area contributed by atoms with Crippen molar-refractivity contribution in [2.45, 2.75) is 52.1 Å². The van der Waals surface area contributed by atoms with Gasteiger partial charge in [-0.05, 0) is 38.1 Å². The zero-order valence-electron chi connectivity index (χ0n) is 10.9. The molecular formula is C13H26N2. The van der Waals surface area contributed by atoms with E-state index in [2.05, 4.69) is 45.0 Å². The van der Waals surface area contributed by atoms with Gasteiger partial charge >= 0.3 is 0 Å². The highest BCUT2D eigenvalue weighted by molar-refractivity contribution is 5.05. The molecule has 2 rings (SSSR count). The van der Waals surface area contributed by atoms with Crippen LogP contribution in [0, 0.1) is 11.3 Å². The van der Waals surface area contributed by atoms with Gasteiger partial charge in [-0.25, -0.2) is 0 Å². The van der Waals surface area contributed by atoms with Gasteiger partial charge in [0.05, 0.1) is 0 Å². The fourth-order valence-corrected chi connectivity index (χ4v) is 3.13. The molecule has 0 spiro atoms. The average molecular weight is 210 g/mol. The van der Waals surface area contributed by atoms with Crippen molar-refractivity contribution in [1.82, 2.24) is 10.2 Å². The Morgan fingerprint density at radius 1 is 1.27 bits per heavy atom. The van der Waals surface area contributed by atoms with Crippen LogP contribution in [0.1, 0.15) is 40.5 Å². The molecule has 1 aliphatic carbocycles. The van der Waals surface area contributed by atoms with Gasteiger partial charge in [0.25, 0.3) is 0 Å². The SMILES string of the molecule is CN1CC(C)(C2CC2)NCC1C(C)(C)C. The van der Waals surface area contributed by atoms with Crippen LogP contribution in [-0.4, -0.2) is 36.6 Å². The molecule has 0 radical (unpaired) electrons. The number of nitrogens with zero attached hydrogens (tertiary/aromatic N) is 1. The Labute approximate surface area is 94.4 Å². The molecule has 0 bridgehead atoms. The van der Waals surface area contributed by atoms with Crippen molar-refractivity contribution in [2.24, 2.45) is 11.3 Å². The van der Waals surface area contributed by atoms with Crippen molar-refractivity contribution < 1.29 is 0 Å². The maximum Gasteiger partial charge on any atom is 0.0309 e. The van der Waals surface area contributed by atoms with Gasteiger partial charge in [-0.3, -0.25) is 4.90 Å². The molecule has 0 aromatic carbocycles. The number of hydrogen-bond acceptors (Lipinski definition) is 2. The Morgan fingerprint density at radius 3 is 2.27 bits per heavy atom. The molecule has 2 nitrogen and oxygen atoms in total. The third-order valence-corrected chi connectivity index (χ3v) is 4.29. The van der Waals surface area contributed by atoms with Crippen molar-refractivity contribution in [3.63, 3.8) is 0 Å². The van der Waals surface area contributed by atoms with Gasteiger partial charge in [0.15, 0.2) is 0 Å². The van der Waals surface area contributed by atoms with Crippen molar-refractivity contribution in [2.75, 3.05) is 20.1 Å². The Bertz CT molecular complexity index is 239. The van der Waals surface area contributed by atoms with E-state index in [4.69, 9.17) is 0 Å². The quantitative estimate of drug-likeness (QED) is 0.713. The Hall–Kier alpha value is -0.0800. The molecule has 1 saturated carbocycles. The van der Waals surface area contributed by atoms with Crippen LogP contribution >= 0.6 is 0 Å². The van der Waals surface area contributed by atoms with Crippen LogP contribution in [0.25, 0.3) is 0 Å². The van der Waals surface area contributed by atoms with Gasteiger partial charge in [-0.2, -0.15) is 0 Å². The minimum atomic E-state index is 0.382. The van der Waals surface area contributed by atoms with Crippen molar-refractivity contribution in [1.29, 1.82) is 0 Å². The van der Waals surface area contributed by atoms with Gasteiger partial charge in [-0.15, -0.1) is 0 Å². The fraction of sp³-hybridized carbons (Fsp3) is 1.00. The van der Waals surface area contributed by atoms with Gasteiger partial charge in [0.2, 0.25) is 0 Å². The number of hydrogen-bond donors (Lipinski definition) is 1. The van der Waals surface area contributed by atoms with E-state index >= 15 is 0 Å². The van der Waals surface area contributed by atoms with Crippen LogP contribution in [0.3, 0.4) is 0 Å². The molecule has 1 saturated heterocycles. The second kappa shape index (κ2) is 3.46. The zero-order valence-corrected chi connectivity index (χ0v) is 10.9. The van der Waals surface area contributed by atoms with Crippen LogP contribution in [0.15, 0.2) is 0 Å². The molecule has 0 aromatic heterocycles. The fourth-order valence-electron chi connectivity index (χ4n) is 3.13. The topological polar surface area (TPSA) is 15.3 Å². The summed E-state index contributed by atoms with van der Waals surface area (Å²) in [4.78, 5) is 2.56. The van der Waals surface area contributed by atoms with Crippen LogP contribution in [0.4, 0.5) is 0 Å². The largest absolute Gasteiger partial charge is 0.308 e. The Morgan fingerprint density at radius 2 is 1.87 bits per heavy atom. The molecule has 88 valence electrons. The third-order valence-electron chi connectivity index (χ3n) is 4.29. The molecular weight excluding hydrogens is 184 g/mol. The minimum absolute atomic E-state index is 0.382. The third kappa shape index (κ3) is 2.21. The summed E-state index contributed by atoms with van der Waals surface area (Å²) in [7, 11) is 2.29. The molecule has 2 aliphatic rings. The lowest BCUT2D eigenvalue weighted by Crippen LogP contribution is -2.65. The number of nitrogens with one attached hydrogen (secondary N) is 1. The van der Waals surface area contributed by atoms with E-state index in [-0.39, 0.29) is 0 Å². The smallest absolute Gasteiger partial charge is 0.0309 e. The lowest BCUT2D eigenvalue weighted by Gasteiger charge is -2.49. The second-order valence-electron chi connectivity index (χ2n) is 6.87. The lowest BCUT2D eigenvalue weighted by atomic mass is 9.81. The normalized spacial score (nSPS) is 39.4. The second-order valence-corrected chi connectivity index (χ2v) is 6.87. The summed E-state index contributed by atoms with van der Waals surface area (Å²) in [5, 5.41) is 3.80. The van der Waals surface area contributed by atoms with Gasteiger partial charge < -0.3 is 5.32 Å². The average Bonchev–Trinajstić information content (AvgIpc) is 2.82. The van der Waals surface area contributed by atoms with Crippen LogP contribution in [-0.2, 0) is 0 Å². The maximum absolute atomic E-state index is 3.80. The highest BCUT2D eigenvalue weighted by Gasteiger charge is 2.46. The number of likely N-dealkylation sites (N-methyl/N-ethyl adjacent to an activating group) is 1. The van der Waals surface area contributed by atoms with Crippen molar-refractivity contribution in [3.8, 4) is 0 Å². The first kappa shape index (κ1) is 11.4. The van der Waals surface area contributed by atoms with Gasteiger partial charge in [0, 0.05) is 24.7 Å². The van der Waals surface area contributed by atoms with Crippen molar-refractivity contribution >= 4 is 0 Å². The van der Waals surface area contributed by atoms with Crippen LogP contribution in [0.2, 0.25) is 0 Å². The van der Waals surface area contributed by atoms with E-state index in [1.165, 1.54) is 19.4 Å². The zero-order chi connectivity index (χ0) is 11.3. The standard InChI is InChI=1S/C13H26N2/c1-12(2,3)11-8-14-13(4,9-15(11)5)10-6-7-10/h10-11,14H,6-9H2,1-5H3. The van der Waals surface area contributed by atoms with Gasteiger partial charge in [-0.1, -0.05) is 20.8 Å². The molecule has 2 fully saturated rings.